The van der Waals surface area contributed by atoms with Crippen molar-refractivity contribution in [1.29, 1.82) is 0 Å². The quantitative estimate of drug-likeness (QED) is 0.0839. The number of hydrogen-bond donors (Lipinski definition) is 7. The Kier molecular flexibility index (Phi) is 9.45. The molecule has 3 aromatic carbocycles. The molecule has 0 bridgehead atoms. The van der Waals surface area contributed by atoms with Gasteiger partial charge in [-0.25, -0.2) is 4.79 Å². The fraction of sp³-hybridized carbons (Fsp3) is 0.200. The first-order valence-electron chi connectivity index (χ1n) is 12.6. The molecule has 1 aliphatic rings. The van der Waals surface area contributed by atoms with Crippen molar-refractivity contribution in [3.8, 4) is 28.7 Å². The molecule has 220 valence electrons. The van der Waals surface area contributed by atoms with Crippen molar-refractivity contribution in [1.82, 2.24) is 0 Å². The predicted octanol–water partition coefficient (Wildman–Crippen LogP) is 1.85. The van der Waals surface area contributed by atoms with E-state index in [9.17, 15) is 45.3 Å². The van der Waals surface area contributed by atoms with Crippen molar-refractivity contribution in [3.63, 3.8) is 0 Å². The zero-order chi connectivity index (χ0) is 30.4. The molecule has 1 saturated heterocycles. The Morgan fingerprint density at radius 3 is 1.95 bits per heavy atom. The van der Waals surface area contributed by atoms with E-state index >= 15 is 0 Å². The number of ketones is 1. The largest absolute Gasteiger partial charge is 0.508 e. The van der Waals surface area contributed by atoms with Gasteiger partial charge in [0.1, 0.15) is 35.6 Å². The van der Waals surface area contributed by atoms with E-state index in [1.54, 1.807) is 24.3 Å². The molecule has 1 fully saturated rings. The van der Waals surface area contributed by atoms with Gasteiger partial charge in [-0.2, -0.15) is 0 Å². The van der Waals surface area contributed by atoms with Crippen molar-refractivity contribution in [2.24, 2.45) is 0 Å². The molecule has 7 N–H and O–H groups in total. The fourth-order valence-electron chi connectivity index (χ4n) is 4.05. The number of hydrogen-bond acceptors (Lipinski definition) is 12. The molecule has 0 amide bonds. The number of phenolic OH excluding ortho intramolecular Hbond substituents is 4. The van der Waals surface area contributed by atoms with Crippen LogP contribution in [0.5, 0.6) is 28.7 Å². The molecule has 12 heteroatoms. The van der Waals surface area contributed by atoms with Gasteiger partial charge >= 0.3 is 5.97 Å². The number of rotatable bonds is 9. The summed E-state index contributed by atoms with van der Waals surface area (Å²) in [5, 5.41) is 70.3. The molecular weight excluding hydrogens is 552 g/mol. The van der Waals surface area contributed by atoms with Crippen LogP contribution in [0, 0.1) is 0 Å². The van der Waals surface area contributed by atoms with Gasteiger partial charge in [0.25, 0.3) is 0 Å². The maximum atomic E-state index is 12.7. The van der Waals surface area contributed by atoms with Gasteiger partial charge in [-0.05, 0) is 53.6 Å². The standard InChI is InChI=1S/C30H28O12/c31-15-24-29(42-25(36)12-6-17-3-9-19(33)10-4-17)27(38)28(39)30(41-24)40-20-13-21(26(37)23(35)14-20)22(34)11-5-16-1-7-18(32)8-2-16/h1-14,24,27-33,35,37-39H,15H2/b11-5+,12-6+/t24-,27-,28-,29-,30-/m1/s1. The summed E-state index contributed by atoms with van der Waals surface area (Å²) >= 11 is 0. The Labute approximate surface area is 239 Å². The van der Waals surface area contributed by atoms with Crippen LogP contribution in [0.2, 0.25) is 0 Å². The summed E-state index contributed by atoms with van der Waals surface area (Å²) in [7, 11) is 0. The number of aromatic hydroxyl groups is 4. The number of allylic oxidation sites excluding steroid dienone is 1. The van der Waals surface area contributed by atoms with Crippen LogP contribution in [0.1, 0.15) is 21.5 Å². The third kappa shape index (κ3) is 7.25. The molecule has 4 rings (SSSR count). The summed E-state index contributed by atoms with van der Waals surface area (Å²) in [6.45, 7) is -0.740. The normalized spacial score (nSPS) is 22.3. The molecule has 0 aliphatic carbocycles. The molecule has 3 aromatic rings. The summed E-state index contributed by atoms with van der Waals surface area (Å²) in [5.41, 5.74) is 0.797. The molecule has 1 aliphatic heterocycles. The third-order valence-corrected chi connectivity index (χ3v) is 6.28. The van der Waals surface area contributed by atoms with E-state index < -0.39 is 60.6 Å². The van der Waals surface area contributed by atoms with Crippen molar-refractivity contribution in [3.05, 3.63) is 89.5 Å². The zero-order valence-electron chi connectivity index (χ0n) is 21.8. The summed E-state index contributed by atoms with van der Waals surface area (Å²) in [6, 6.07) is 13.9. The van der Waals surface area contributed by atoms with E-state index in [0.29, 0.717) is 11.1 Å². The average molecular weight is 581 g/mol. The van der Waals surface area contributed by atoms with Gasteiger partial charge in [-0.1, -0.05) is 30.3 Å². The molecule has 0 saturated carbocycles. The van der Waals surface area contributed by atoms with Gasteiger partial charge in [-0.15, -0.1) is 0 Å². The van der Waals surface area contributed by atoms with Gasteiger partial charge in [-0.3, -0.25) is 4.79 Å². The Morgan fingerprint density at radius 1 is 0.810 bits per heavy atom. The van der Waals surface area contributed by atoms with E-state index in [2.05, 4.69) is 0 Å². The second kappa shape index (κ2) is 13.2. The monoisotopic (exact) mass is 580 g/mol. The van der Waals surface area contributed by atoms with Crippen molar-refractivity contribution >= 4 is 23.9 Å². The highest BCUT2D eigenvalue weighted by molar-refractivity contribution is 6.09. The molecule has 5 atom stereocenters. The molecule has 42 heavy (non-hydrogen) atoms. The highest BCUT2D eigenvalue weighted by atomic mass is 16.7. The van der Waals surface area contributed by atoms with Gasteiger partial charge in [0, 0.05) is 12.1 Å². The molecule has 0 spiro atoms. The summed E-state index contributed by atoms with van der Waals surface area (Å²) in [5.74, 6) is -3.22. The molecule has 0 unspecified atom stereocenters. The Hall–Kier alpha value is -4.88. The highest BCUT2D eigenvalue weighted by Crippen LogP contribution is 2.36. The van der Waals surface area contributed by atoms with Crippen molar-refractivity contribution in [2.75, 3.05) is 6.61 Å². The molecule has 12 nitrogen and oxygen atoms in total. The van der Waals surface area contributed by atoms with Gasteiger partial charge in [0.15, 0.2) is 23.4 Å². The number of aliphatic hydroxyl groups is 3. The Morgan fingerprint density at radius 2 is 1.38 bits per heavy atom. The van der Waals surface area contributed by atoms with Crippen molar-refractivity contribution < 1.29 is 59.5 Å². The van der Waals surface area contributed by atoms with Gasteiger partial charge in [0.05, 0.1) is 12.2 Å². The zero-order valence-corrected chi connectivity index (χ0v) is 21.8. The van der Waals surface area contributed by atoms with E-state index in [-0.39, 0.29) is 22.8 Å². The number of ether oxygens (including phenoxy) is 3. The minimum atomic E-state index is -1.81. The highest BCUT2D eigenvalue weighted by Gasteiger charge is 2.47. The SMILES string of the molecule is O=C(/C=C/c1ccc(O)cc1)O[C@H]1[C@H](O)[C@@H](O)[C@H](Oc2cc(O)c(O)c(C(=O)/C=C/c3ccc(O)cc3)c2)O[C@@H]1CO. The minimum absolute atomic E-state index is 0.0403. The first kappa shape index (κ1) is 30.1. The molecule has 0 aromatic heterocycles. The first-order valence-corrected chi connectivity index (χ1v) is 12.6. The van der Waals surface area contributed by atoms with Crippen LogP contribution in [-0.4, -0.2) is 84.8 Å². The maximum Gasteiger partial charge on any atom is 0.331 e. The van der Waals surface area contributed by atoms with Crippen LogP contribution in [-0.2, 0) is 14.3 Å². The molecule has 0 radical (unpaired) electrons. The second-order valence-electron chi connectivity index (χ2n) is 9.28. The summed E-state index contributed by atoms with van der Waals surface area (Å²) in [4.78, 5) is 25.1. The van der Waals surface area contributed by atoms with Crippen LogP contribution in [0.25, 0.3) is 12.2 Å². The number of phenols is 4. The maximum absolute atomic E-state index is 12.7. The van der Waals surface area contributed by atoms with E-state index in [1.165, 1.54) is 36.4 Å². The van der Waals surface area contributed by atoms with Crippen LogP contribution < -0.4 is 4.74 Å². The van der Waals surface area contributed by atoms with Gasteiger partial charge in [0.2, 0.25) is 6.29 Å². The Balaban J connectivity index is 1.45. The lowest BCUT2D eigenvalue weighted by Crippen LogP contribution is -2.61. The van der Waals surface area contributed by atoms with Crippen LogP contribution in [0.3, 0.4) is 0 Å². The number of carbonyl (C=O) groups is 2. The van der Waals surface area contributed by atoms with E-state index in [0.717, 1.165) is 24.3 Å². The molecule has 1 heterocycles. The fourth-order valence-corrected chi connectivity index (χ4v) is 4.05. The first-order chi connectivity index (χ1) is 20.0. The number of carbonyl (C=O) groups excluding carboxylic acids is 2. The summed E-state index contributed by atoms with van der Waals surface area (Å²) in [6.07, 6.45) is -3.06. The number of esters is 1. The lowest BCUT2D eigenvalue weighted by Gasteiger charge is -2.41. The second-order valence-corrected chi connectivity index (χ2v) is 9.28. The molecular formula is C30H28O12. The third-order valence-electron chi connectivity index (χ3n) is 6.28. The van der Waals surface area contributed by atoms with Crippen LogP contribution in [0.15, 0.2) is 72.8 Å². The van der Waals surface area contributed by atoms with E-state index in [1.807, 2.05) is 0 Å². The number of aliphatic hydroxyl groups excluding tert-OH is 3. The minimum Gasteiger partial charge on any atom is -0.508 e. The number of benzene rings is 3. The smallest absolute Gasteiger partial charge is 0.331 e. The van der Waals surface area contributed by atoms with Crippen molar-refractivity contribution in [2.45, 2.75) is 30.7 Å². The topological polar surface area (TPSA) is 203 Å². The van der Waals surface area contributed by atoms with Crippen LogP contribution in [0.4, 0.5) is 0 Å². The van der Waals surface area contributed by atoms with Gasteiger partial charge < -0.3 is 50.0 Å². The average Bonchev–Trinajstić information content (AvgIpc) is 2.97. The summed E-state index contributed by atoms with van der Waals surface area (Å²) < 4.78 is 16.3. The lowest BCUT2D eigenvalue weighted by atomic mass is 9.99. The van der Waals surface area contributed by atoms with E-state index in [4.69, 9.17) is 14.2 Å². The Bertz CT molecular complexity index is 1460. The lowest BCUT2D eigenvalue weighted by molar-refractivity contribution is -0.280. The van der Waals surface area contributed by atoms with Crippen LogP contribution >= 0.6 is 0 Å². The predicted molar refractivity (Wildman–Crippen MR) is 147 cm³/mol.